The summed E-state index contributed by atoms with van der Waals surface area (Å²) < 4.78 is 6.08. The molecule has 0 radical (unpaired) electrons. The summed E-state index contributed by atoms with van der Waals surface area (Å²) in [6, 6.07) is 37.9. The predicted octanol–water partition coefficient (Wildman–Crippen LogP) is 0.925. The molecule has 0 nitrogen and oxygen atoms in total. The van der Waals surface area contributed by atoms with Crippen molar-refractivity contribution < 1.29 is 46.1 Å². The summed E-state index contributed by atoms with van der Waals surface area (Å²) in [4.78, 5) is 0. The average molecular weight is 573 g/mol. The number of benzene rings is 4. The Bertz CT molecular complexity index is 1420. The molecular formula is C32H26Cl2Zr. The zero-order valence-corrected chi connectivity index (χ0v) is 23.4. The van der Waals surface area contributed by atoms with Crippen LogP contribution in [-0.2, 0) is 34.1 Å². The van der Waals surface area contributed by atoms with E-state index >= 15 is 0 Å². The number of hydrogen-bond donors (Lipinski definition) is 0. The molecule has 0 spiro atoms. The van der Waals surface area contributed by atoms with Gasteiger partial charge in [0.15, 0.2) is 0 Å². The number of rotatable bonds is 5. The van der Waals surface area contributed by atoms with Crippen LogP contribution in [0.5, 0.6) is 0 Å². The van der Waals surface area contributed by atoms with Crippen LogP contribution in [0.25, 0.3) is 16.7 Å². The molecule has 6 rings (SSSR count). The first-order valence-corrected chi connectivity index (χ1v) is 15.7. The van der Waals surface area contributed by atoms with Crippen LogP contribution in [0.3, 0.4) is 0 Å². The van der Waals surface area contributed by atoms with Gasteiger partial charge in [0.2, 0.25) is 0 Å². The minimum absolute atomic E-state index is 0. The van der Waals surface area contributed by atoms with E-state index in [1.807, 2.05) is 0 Å². The van der Waals surface area contributed by atoms with E-state index in [1.54, 1.807) is 12.1 Å². The third-order valence-corrected chi connectivity index (χ3v) is 13.5. The third-order valence-electron chi connectivity index (χ3n) is 6.85. The smallest absolute Gasteiger partial charge is 1.00 e. The average Bonchev–Trinajstić information content (AvgIpc) is 3.51. The second-order valence-electron chi connectivity index (χ2n) is 8.87. The van der Waals surface area contributed by atoms with Gasteiger partial charge in [0.05, 0.1) is 0 Å². The van der Waals surface area contributed by atoms with Crippen molar-refractivity contribution in [3.8, 4) is 11.1 Å². The van der Waals surface area contributed by atoms with Crippen LogP contribution in [0.2, 0.25) is 0 Å². The quantitative estimate of drug-likeness (QED) is 0.294. The third kappa shape index (κ3) is 5.29. The van der Waals surface area contributed by atoms with Crippen LogP contribution >= 0.6 is 0 Å². The molecule has 2 aliphatic carbocycles. The Morgan fingerprint density at radius 2 is 1.37 bits per heavy atom. The number of allylic oxidation sites excluding steroid dienone is 4. The van der Waals surface area contributed by atoms with E-state index in [2.05, 4.69) is 119 Å². The van der Waals surface area contributed by atoms with E-state index in [9.17, 15) is 0 Å². The first kappa shape index (κ1) is 25.8. The first-order valence-electron chi connectivity index (χ1n) is 11.8. The number of fused-ring (bicyclic) bond motifs is 3. The van der Waals surface area contributed by atoms with Crippen molar-refractivity contribution in [1.82, 2.24) is 0 Å². The van der Waals surface area contributed by atoms with Crippen LogP contribution in [-0.4, -0.2) is 3.71 Å². The van der Waals surface area contributed by atoms with Crippen molar-refractivity contribution in [1.29, 1.82) is 0 Å². The molecule has 172 valence electrons. The maximum absolute atomic E-state index is 2.73. The topological polar surface area (TPSA) is 0 Å². The van der Waals surface area contributed by atoms with Gasteiger partial charge in [0.1, 0.15) is 0 Å². The van der Waals surface area contributed by atoms with Gasteiger partial charge in [-0.3, -0.25) is 0 Å². The molecular weight excluding hydrogens is 546 g/mol. The number of hydrogen-bond acceptors (Lipinski definition) is 0. The second-order valence-corrected chi connectivity index (χ2v) is 14.8. The maximum atomic E-state index is 2.73. The monoisotopic (exact) mass is 570 g/mol. The van der Waals surface area contributed by atoms with Crippen LogP contribution in [0, 0.1) is 0 Å². The zero-order chi connectivity index (χ0) is 22.0. The van der Waals surface area contributed by atoms with Gasteiger partial charge in [-0.2, -0.15) is 0 Å². The summed E-state index contributed by atoms with van der Waals surface area (Å²) >= 11 is -2.21. The standard InChI is InChI=1S/C13H9.C11H9.C8H8.2ClH.Zr/c1-3-7-12-10(5-1)9-11-6-2-4-8-13(11)12;1-2-6-10(7-3-1)11-8-4-5-9-11;1-2-8-6-4-3-5-7-8;;;/h1-5,7-8H,9H2;1-3,6-9H,4H2;1,3-7H,2H2;2*1H;/q;;;;;+2/p-2. The SMILES string of the molecule is C1=C(c2ccccc2)C=[C]([Zr+2](=[CH]Cc2ccccc2)[c]2cccc3c2Cc2ccccc2-3)C1.[Cl-].[Cl-]. The molecule has 0 amide bonds. The Labute approximate surface area is 228 Å². The maximum Gasteiger partial charge on any atom is -1.00 e. The minimum Gasteiger partial charge on any atom is -1.00 e. The van der Waals surface area contributed by atoms with Gasteiger partial charge >= 0.3 is 205 Å². The van der Waals surface area contributed by atoms with Gasteiger partial charge in [-0.05, 0) is 0 Å². The summed E-state index contributed by atoms with van der Waals surface area (Å²) in [5.41, 5.74) is 10.1. The van der Waals surface area contributed by atoms with Crippen molar-refractivity contribution in [2.45, 2.75) is 19.3 Å². The fourth-order valence-corrected chi connectivity index (χ4v) is 11.9. The van der Waals surface area contributed by atoms with Crippen molar-refractivity contribution in [3.63, 3.8) is 0 Å². The fourth-order valence-electron chi connectivity index (χ4n) is 5.20. The molecule has 0 atom stereocenters. The molecule has 0 fully saturated rings. The van der Waals surface area contributed by atoms with E-state index < -0.39 is 21.3 Å². The second kappa shape index (κ2) is 11.6. The number of halogens is 2. The molecule has 0 saturated carbocycles. The first-order chi connectivity index (χ1) is 16.4. The molecule has 0 aromatic heterocycles. The van der Waals surface area contributed by atoms with Gasteiger partial charge < -0.3 is 24.8 Å². The molecule has 2 aliphatic rings. The molecule has 0 saturated heterocycles. The Balaban J connectivity index is 0.00000144. The Morgan fingerprint density at radius 3 is 2.17 bits per heavy atom. The van der Waals surface area contributed by atoms with E-state index in [0.717, 1.165) is 19.3 Å². The summed E-state index contributed by atoms with van der Waals surface area (Å²) in [6.07, 6.45) is 8.20. The molecule has 0 N–H and O–H groups in total. The van der Waals surface area contributed by atoms with Gasteiger partial charge in [-0.15, -0.1) is 0 Å². The summed E-state index contributed by atoms with van der Waals surface area (Å²) in [5, 5.41) is 0. The molecule has 35 heavy (non-hydrogen) atoms. The predicted molar refractivity (Wildman–Crippen MR) is 138 cm³/mol. The largest absolute Gasteiger partial charge is 1.00 e. The van der Waals surface area contributed by atoms with Gasteiger partial charge in [0, 0.05) is 0 Å². The van der Waals surface area contributed by atoms with E-state index in [-0.39, 0.29) is 24.8 Å². The Hall–Kier alpha value is -2.31. The molecule has 3 heteroatoms. The van der Waals surface area contributed by atoms with E-state index in [1.165, 1.54) is 33.4 Å². The fraction of sp³-hybridized carbons (Fsp3) is 0.0938. The summed E-state index contributed by atoms with van der Waals surface area (Å²) in [5.74, 6) is 0. The molecule has 0 heterocycles. The molecule has 0 aliphatic heterocycles. The normalized spacial score (nSPS) is 13.1. The van der Waals surface area contributed by atoms with Crippen LogP contribution in [0.4, 0.5) is 0 Å². The van der Waals surface area contributed by atoms with Gasteiger partial charge in [-0.1, -0.05) is 0 Å². The summed E-state index contributed by atoms with van der Waals surface area (Å²) in [7, 11) is 0. The van der Waals surface area contributed by atoms with Crippen LogP contribution in [0.15, 0.2) is 119 Å². The minimum atomic E-state index is -2.21. The van der Waals surface area contributed by atoms with Gasteiger partial charge in [-0.25, -0.2) is 0 Å². The Morgan fingerprint density at radius 1 is 0.686 bits per heavy atom. The van der Waals surface area contributed by atoms with E-state index in [4.69, 9.17) is 0 Å². The zero-order valence-electron chi connectivity index (χ0n) is 19.4. The molecule has 0 unspecified atom stereocenters. The molecule has 4 aromatic carbocycles. The summed E-state index contributed by atoms with van der Waals surface area (Å²) in [6.45, 7) is 0. The molecule has 4 aromatic rings. The van der Waals surface area contributed by atoms with Crippen molar-refractivity contribution in [2.24, 2.45) is 0 Å². The molecule has 0 bridgehead atoms. The van der Waals surface area contributed by atoms with Crippen molar-refractivity contribution in [3.05, 3.63) is 141 Å². The Kier molecular flexibility index (Phi) is 8.56. The van der Waals surface area contributed by atoms with Crippen molar-refractivity contribution >= 4 is 12.6 Å². The van der Waals surface area contributed by atoms with E-state index in [0.29, 0.717) is 0 Å². The van der Waals surface area contributed by atoms with Crippen LogP contribution < -0.4 is 28.1 Å². The van der Waals surface area contributed by atoms with Gasteiger partial charge in [0.25, 0.3) is 0 Å². The van der Waals surface area contributed by atoms with Crippen LogP contribution in [0.1, 0.15) is 28.7 Å². The van der Waals surface area contributed by atoms with Crippen molar-refractivity contribution in [2.75, 3.05) is 0 Å².